The summed E-state index contributed by atoms with van der Waals surface area (Å²) < 4.78 is 1.20. The molecule has 1 aromatic heterocycles. The lowest BCUT2D eigenvalue weighted by Gasteiger charge is -2.34. The highest BCUT2D eigenvalue weighted by molar-refractivity contribution is 5.88. The lowest BCUT2D eigenvalue weighted by atomic mass is 10.0. The standard InChI is InChI=1S/C18H22N4O3/c1-12-13-7-3-4-8-14(13)18(25)22(20-12)11-16(23)21-10-6-5-9-15(21)17(24)19-2/h3-4,7-8,15H,5-6,9-11H2,1-2H3,(H,19,24). The topological polar surface area (TPSA) is 84.3 Å². The van der Waals surface area contributed by atoms with E-state index in [-0.39, 0.29) is 23.9 Å². The maximum Gasteiger partial charge on any atom is 0.275 e. The second-order valence-corrected chi connectivity index (χ2v) is 6.31. The number of hydrogen-bond donors (Lipinski definition) is 1. The van der Waals surface area contributed by atoms with Crippen LogP contribution in [-0.2, 0) is 16.1 Å². The molecule has 0 radical (unpaired) electrons. The largest absolute Gasteiger partial charge is 0.357 e. The van der Waals surface area contributed by atoms with E-state index >= 15 is 0 Å². The van der Waals surface area contributed by atoms with Crippen molar-refractivity contribution >= 4 is 22.6 Å². The molecule has 3 rings (SSSR count). The molecule has 0 aliphatic carbocycles. The molecule has 2 amide bonds. The Morgan fingerprint density at radius 3 is 2.68 bits per heavy atom. The van der Waals surface area contributed by atoms with Crippen LogP contribution in [-0.4, -0.2) is 46.1 Å². The van der Waals surface area contributed by atoms with E-state index in [4.69, 9.17) is 0 Å². The summed E-state index contributed by atoms with van der Waals surface area (Å²) in [5, 5.41) is 8.23. The minimum absolute atomic E-state index is 0.155. The van der Waals surface area contributed by atoms with Crippen LogP contribution in [0.5, 0.6) is 0 Å². The molecule has 1 aliphatic rings. The molecule has 0 saturated carbocycles. The van der Waals surface area contributed by atoms with Gasteiger partial charge >= 0.3 is 0 Å². The number of fused-ring (bicyclic) bond motifs is 1. The fourth-order valence-electron chi connectivity index (χ4n) is 3.40. The molecular formula is C18H22N4O3. The van der Waals surface area contributed by atoms with Crippen LogP contribution in [0.25, 0.3) is 10.8 Å². The summed E-state index contributed by atoms with van der Waals surface area (Å²) in [6.45, 7) is 2.19. The number of nitrogens with zero attached hydrogens (tertiary/aromatic N) is 3. The van der Waals surface area contributed by atoms with Crippen LogP contribution < -0.4 is 10.9 Å². The molecule has 1 aromatic carbocycles. The summed E-state index contributed by atoms with van der Waals surface area (Å²) >= 11 is 0. The van der Waals surface area contributed by atoms with Crippen molar-refractivity contribution in [2.24, 2.45) is 0 Å². The Kier molecular flexibility index (Phi) is 4.83. The third-order valence-corrected chi connectivity index (χ3v) is 4.71. The van der Waals surface area contributed by atoms with E-state index in [1.54, 1.807) is 24.1 Å². The van der Waals surface area contributed by atoms with Gasteiger partial charge in [0.25, 0.3) is 5.56 Å². The van der Waals surface area contributed by atoms with Crippen LogP contribution in [0.2, 0.25) is 0 Å². The average molecular weight is 342 g/mol. The Morgan fingerprint density at radius 1 is 1.24 bits per heavy atom. The van der Waals surface area contributed by atoms with Gasteiger partial charge in [-0.3, -0.25) is 14.4 Å². The van der Waals surface area contributed by atoms with Gasteiger partial charge < -0.3 is 10.2 Å². The first-order valence-electron chi connectivity index (χ1n) is 8.50. The predicted octanol–water partition coefficient (Wildman–Crippen LogP) is 0.832. The number of carbonyl (C=O) groups is 2. The third kappa shape index (κ3) is 3.26. The zero-order valence-corrected chi connectivity index (χ0v) is 14.5. The van der Waals surface area contributed by atoms with Gasteiger partial charge in [0.2, 0.25) is 11.8 Å². The van der Waals surface area contributed by atoms with E-state index in [1.165, 1.54) is 4.68 Å². The van der Waals surface area contributed by atoms with E-state index in [1.807, 2.05) is 19.1 Å². The van der Waals surface area contributed by atoms with Gasteiger partial charge in [-0.25, -0.2) is 4.68 Å². The van der Waals surface area contributed by atoms with Crippen molar-refractivity contribution < 1.29 is 9.59 Å². The smallest absolute Gasteiger partial charge is 0.275 e. The van der Waals surface area contributed by atoms with E-state index < -0.39 is 6.04 Å². The van der Waals surface area contributed by atoms with E-state index in [2.05, 4.69) is 10.4 Å². The molecule has 1 unspecified atom stereocenters. The number of aromatic nitrogens is 2. The molecule has 2 aromatic rings. The minimum Gasteiger partial charge on any atom is -0.357 e. The fraction of sp³-hybridized carbons (Fsp3) is 0.444. The van der Waals surface area contributed by atoms with Crippen LogP contribution in [0.1, 0.15) is 25.0 Å². The zero-order valence-electron chi connectivity index (χ0n) is 14.5. The van der Waals surface area contributed by atoms with Crippen molar-refractivity contribution in [1.29, 1.82) is 0 Å². The highest BCUT2D eigenvalue weighted by Crippen LogP contribution is 2.18. The van der Waals surface area contributed by atoms with Gasteiger partial charge in [0.15, 0.2) is 0 Å². The highest BCUT2D eigenvalue weighted by Gasteiger charge is 2.31. The highest BCUT2D eigenvalue weighted by atomic mass is 16.2. The Bertz CT molecular complexity index is 874. The van der Waals surface area contributed by atoms with Gasteiger partial charge in [-0.05, 0) is 32.3 Å². The maximum atomic E-state index is 12.7. The van der Waals surface area contributed by atoms with Crippen molar-refractivity contribution in [3.8, 4) is 0 Å². The average Bonchev–Trinajstić information content (AvgIpc) is 2.65. The van der Waals surface area contributed by atoms with Crippen LogP contribution in [0.3, 0.4) is 0 Å². The second kappa shape index (κ2) is 7.04. The molecule has 7 heteroatoms. The fourth-order valence-corrected chi connectivity index (χ4v) is 3.40. The molecule has 1 atom stereocenters. The van der Waals surface area contributed by atoms with Gasteiger partial charge in [0, 0.05) is 19.0 Å². The lowest BCUT2D eigenvalue weighted by molar-refractivity contribution is -0.142. The van der Waals surface area contributed by atoms with Gasteiger partial charge in [0.05, 0.1) is 11.1 Å². The van der Waals surface area contributed by atoms with E-state index in [9.17, 15) is 14.4 Å². The number of carbonyl (C=O) groups excluding carboxylic acids is 2. The van der Waals surface area contributed by atoms with Crippen LogP contribution in [0.15, 0.2) is 29.1 Å². The normalized spacial score (nSPS) is 17.5. The molecular weight excluding hydrogens is 320 g/mol. The minimum atomic E-state index is -0.469. The van der Waals surface area contributed by atoms with Crippen LogP contribution in [0.4, 0.5) is 0 Å². The van der Waals surface area contributed by atoms with Crippen molar-refractivity contribution in [2.75, 3.05) is 13.6 Å². The summed E-state index contributed by atoms with van der Waals surface area (Å²) in [6, 6.07) is 6.76. The quantitative estimate of drug-likeness (QED) is 0.895. The zero-order chi connectivity index (χ0) is 18.0. The molecule has 2 heterocycles. The summed E-state index contributed by atoms with van der Waals surface area (Å²) in [5.74, 6) is -0.416. The number of aryl methyl sites for hydroxylation is 1. The summed E-state index contributed by atoms with van der Waals surface area (Å²) in [4.78, 5) is 39.0. The number of benzene rings is 1. The summed E-state index contributed by atoms with van der Waals surface area (Å²) in [5.41, 5.74) is 0.410. The van der Waals surface area contributed by atoms with Gasteiger partial charge in [-0.2, -0.15) is 5.10 Å². The molecule has 7 nitrogen and oxygen atoms in total. The number of hydrogen-bond acceptors (Lipinski definition) is 4. The second-order valence-electron chi connectivity index (χ2n) is 6.31. The Labute approximate surface area is 145 Å². The van der Waals surface area contributed by atoms with E-state index in [0.717, 1.165) is 18.2 Å². The molecule has 25 heavy (non-hydrogen) atoms. The number of rotatable bonds is 3. The van der Waals surface area contributed by atoms with Crippen LogP contribution in [0, 0.1) is 6.92 Å². The number of piperidine rings is 1. The molecule has 1 saturated heterocycles. The molecule has 1 N–H and O–H groups in total. The first-order valence-corrected chi connectivity index (χ1v) is 8.50. The van der Waals surface area contributed by atoms with Crippen molar-refractivity contribution in [3.63, 3.8) is 0 Å². The number of likely N-dealkylation sites (tertiary alicyclic amines) is 1. The first-order chi connectivity index (χ1) is 12.0. The lowest BCUT2D eigenvalue weighted by Crippen LogP contribution is -2.52. The number of amides is 2. The molecule has 1 aliphatic heterocycles. The van der Waals surface area contributed by atoms with E-state index in [0.29, 0.717) is 24.0 Å². The van der Waals surface area contributed by atoms with Crippen molar-refractivity contribution in [3.05, 3.63) is 40.3 Å². The maximum absolute atomic E-state index is 12.7. The Balaban J connectivity index is 1.90. The Hall–Kier alpha value is -2.70. The van der Waals surface area contributed by atoms with Crippen LogP contribution >= 0.6 is 0 Å². The number of likely N-dealkylation sites (N-methyl/N-ethyl adjacent to an activating group) is 1. The molecule has 132 valence electrons. The molecule has 1 fully saturated rings. The van der Waals surface area contributed by atoms with Crippen molar-refractivity contribution in [1.82, 2.24) is 20.0 Å². The van der Waals surface area contributed by atoms with Gasteiger partial charge in [0.1, 0.15) is 12.6 Å². The molecule has 0 spiro atoms. The Morgan fingerprint density at radius 2 is 1.96 bits per heavy atom. The SMILES string of the molecule is CNC(=O)C1CCCCN1C(=O)Cn1nc(C)c2ccccc2c1=O. The monoisotopic (exact) mass is 342 g/mol. The third-order valence-electron chi connectivity index (χ3n) is 4.71. The molecule has 0 bridgehead atoms. The summed E-state index contributed by atoms with van der Waals surface area (Å²) in [7, 11) is 1.57. The first kappa shape index (κ1) is 17.1. The summed E-state index contributed by atoms with van der Waals surface area (Å²) in [6.07, 6.45) is 2.41. The van der Waals surface area contributed by atoms with Gasteiger partial charge in [-0.1, -0.05) is 18.2 Å². The van der Waals surface area contributed by atoms with Crippen molar-refractivity contribution in [2.45, 2.75) is 38.8 Å². The number of nitrogens with one attached hydrogen (secondary N) is 1. The van der Waals surface area contributed by atoms with Gasteiger partial charge in [-0.15, -0.1) is 0 Å². The predicted molar refractivity (Wildman–Crippen MR) is 94.2 cm³/mol.